The number of carbonyl (C=O) groups is 1. The number of likely N-dealkylation sites (tertiary alicyclic amines) is 1. The number of carbonyl (C=O) groups excluding carboxylic acids is 1. The van der Waals surface area contributed by atoms with Gasteiger partial charge in [-0.1, -0.05) is 0 Å². The smallest absolute Gasteiger partial charge is 0.251 e. The molecule has 2 aromatic rings. The van der Waals surface area contributed by atoms with Crippen molar-refractivity contribution >= 4 is 16.8 Å². The Morgan fingerprint density at radius 3 is 2.95 bits per heavy atom. The highest BCUT2D eigenvalue weighted by Gasteiger charge is 2.20. The zero-order valence-corrected chi connectivity index (χ0v) is 12.8. The highest BCUT2D eigenvalue weighted by atomic mass is 16.1. The molecule has 0 unspecified atom stereocenters. The zero-order chi connectivity index (χ0) is 14.8. The van der Waals surface area contributed by atoms with Crippen molar-refractivity contribution in [3.63, 3.8) is 0 Å². The van der Waals surface area contributed by atoms with E-state index in [-0.39, 0.29) is 5.91 Å². The molecule has 1 amide bonds. The average Bonchev–Trinajstić information content (AvgIpc) is 3.09. The van der Waals surface area contributed by atoms with Gasteiger partial charge in [0.05, 0.1) is 0 Å². The van der Waals surface area contributed by atoms with Gasteiger partial charge in [0.1, 0.15) is 0 Å². The van der Waals surface area contributed by atoms with E-state index >= 15 is 0 Å². The molecule has 112 valence electrons. The van der Waals surface area contributed by atoms with Crippen molar-refractivity contribution in [3.8, 4) is 0 Å². The van der Waals surface area contributed by atoms with Gasteiger partial charge >= 0.3 is 0 Å². The number of nitrogens with one attached hydrogen (secondary N) is 1. The molecule has 0 aliphatic carbocycles. The Kier molecular flexibility index (Phi) is 3.97. The van der Waals surface area contributed by atoms with E-state index in [1.54, 1.807) is 0 Å². The molecule has 1 aromatic heterocycles. The molecule has 3 rings (SSSR count). The van der Waals surface area contributed by atoms with Gasteiger partial charge in [-0.2, -0.15) is 0 Å². The van der Waals surface area contributed by atoms with Crippen LogP contribution in [0, 0.1) is 5.92 Å². The monoisotopic (exact) mass is 285 g/mol. The molecular formula is C17H23N3O. The topological polar surface area (TPSA) is 37.3 Å². The van der Waals surface area contributed by atoms with Crippen LogP contribution < -0.4 is 5.32 Å². The van der Waals surface area contributed by atoms with Crippen molar-refractivity contribution in [2.24, 2.45) is 5.92 Å². The minimum atomic E-state index is 0.0377. The summed E-state index contributed by atoms with van der Waals surface area (Å²) in [6, 6.07) is 8.01. The molecule has 2 heterocycles. The van der Waals surface area contributed by atoms with E-state index < -0.39 is 0 Å². The molecule has 0 saturated carbocycles. The normalized spacial score (nSPS) is 19.2. The van der Waals surface area contributed by atoms with Gasteiger partial charge in [0.15, 0.2) is 0 Å². The molecule has 21 heavy (non-hydrogen) atoms. The summed E-state index contributed by atoms with van der Waals surface area (Å²) >= 11 is 0. The molecule has 0 bridgehead atoms. The lowest BCUT2D eigenvalue weighted by molar-refractivity contribution is 0.0947. The lowest BCUT2D eigenvalue weighted by Gasteiger charge is -2.12. The fourth-order valence-corrected chi connectivity index (χ4v) is 3.15. The Bertz CT molecular complexity index is 647. The van der Waals surface area contributed by atoms with E-state index in [4.69, 9.17) is 0 Å². The molecule has 1 aliphatic heterocycles. The second kappa shape index (κ2) is 5.90. The number of aromatic nitrogens is 1. The van der Waals surface area contributed by atoms with Gasteiger partial charge in [-0.25, -0.2) is 0 Å². The summed E-state index contributed by atoms with van der Waals surface area (Å²) in [4.78, 5) is 14.6. The third-order valence-corrected chi connectivity index (χ3v) is 4.41. The Morgan fingerprint density at radius 1 is 1.38 bits per heavy atom. The van der Waals surface area contributed by atoms with Crippen molar-refractivity contribution < 1.29 is 4.79 Å². The molecule has 4 heteroatoms. The lowest BCUT2D eigenvalue weighted by Crippen LogP contribution is -2.30. The van der Waals surface area contributed by atoms with Gasteiger partial charge < -0.3 is 14.8 Å². The van der Waals surface area contributed by atoms with E-state index in [0.29, 0.717) is 5.92 Å². The van der Waals surface area contributed by atoms with E-state index in [1.807, 2.05) is 18.2 Å². The molecule has 1 aliphatic rings. The summed E-state index contributed by atoms with van der Waals surface area (Å²) in [6.45, 7) is 6.07. The first-order valence-electron chi connectivity index (χ1n) is 7.73. The van der Waals surface area contributed by atoms with Crippen LogP contribution in [0.25, 0.3) is 10.9 Å². The molecule has 4 nitrogen and oxygen atoms in total. The maximum Gasteiger partial charge on any atom is 0.251 e. The Hall–Kier alpha value is -1.81. The first-order chi connectivity index (χ1) is 10.2. The van der Waals surface area contributed by atoms with Crippen LogP contribution in [0.3, 0.4) is 0 Å². The summed E-state index contributed by atoms with van der Waals surface area (Å²) in [5.74, 6) is 0.625. The molecule has 1 N–H and O–H groups in total. The number of fused-ring (bicyclic) bond motifs is 1. The van der Waals surface area contributed by atoms with Gasteiger partial charge in [-0.15, -0.1) is 0 Å². The predicted octanol–water partition coefficient (Wildman–Crippen LogP) is 2.34. The van der Waals surface area contributed by atoms with Crippen LogP contribution in [-0.4, -0.2) is 42.1 Å². The van der Waals surface area contributed by atoms with Crippen molar-refractivity contribution in [2.45, 2.75) is 19.9 Å². The number of rotatable bonds is 4. The first-order valence-corrected chi connectivity index (χ1v) is 7.73. The molecule has 1 fully saturated rings. The molecule has 1 atom stereocenters. The third-order valence-electron chi connectivity index (χ3n) is 4.41. The number of hydrogen-bond donors (Lipinski definition) is 1. The van der Waals surface area contributed by atoms with Crippen LogP contribution in [0.5, 0.6) is 0 Å². The standard InChI is InChI=1S/C17H23N3O/c1-3-20-9-7-14-10-15(4-5-16(14)20)17(21)18-11-13-6-8-19(2)12-13/h4-5,7,9-10,13H,3,6,8,11-12H2,1-2H3,(H,18,21)/t13-/m1/s1. The second-order valence-electron chi connectivity index (χ2n) is 6.00. The quantitative estimate of drug-likeness (QED) is 0.936. The van der Waals surface area contributed by atoms with Gasteiger partial charge in [0.2, 0.25) is 0 Å². The van der Waals surface area contributed by atoms with E-state index in [0.717, 1.165) is 37.1 Å². The minimum absolute atomic E-state index is 0.0377. The predicted molar refractivity (Wildman–Crippen MR) is 85.5 cm³/mol. The zero-order valence-electron chi connectivity index (χ0n) is 12.8. The van der Waals surface area contributed by atoms with Gasteiger partial charge in [0, 0.05) is 42.3 Å². The highest BCUT2D eigenvalue weighted by Crippen LogP contribution is 2.18. The van der Waals surface area contributed by atoms with Crippen LogP contribution in [0.1, 0.15) is 23.7 Å². The molecule has 0 spiro atoms. The average molecular weight is 285 g/mol. The maximum atomic E-state index is 12.3. The summed E-state index contributed by atoms with van der Waals surface area (Å²) in [5, 5.41) is 4.20. The van der Waals surface area contributed by atoms with E-state index in [2.05, 4.69) is 41.0 Å². The van der Waals surface area contributed by atoms with E-state index in [1.165, 1.54) is 11.9 Å². The Balaban J connectivity index is 1.67. The van der Waals surface area contributed by atoms with Crippen molar-refractivity contribution in [2.75, 3.05) is 26.7 Å². The van der Waals surface area contributed by atoms with Crippen LogP contribution >= 0.6 is 0 Å². The third kappa shape index (κ3) is 2.95. The van der Waals surface area contributed by atoms with Crippen LogP contribution in [0.2, 0.25) is 0 Å². The first kappa shape index (κ1) is 14.1. The Morgan fingerprint density at radius 2 is 2.24 bits per heavy atom. The summed E-state index contributed by atoms with van der Waals surface area (Å²) in [7, 11) is 2.13. The lowest BCUT2D eigenvalue weighted by atomic mass is 10.1. The van der Waals surface area contributed by atoms with Crippen LogP contribution in [0.4, 0.5) is 0 Å². The summed E-state index contributed by atoms with van der Waals surface area (Å²) in [6.07, 6.45) is 3.25. The number of aryl methyl sites for hydroxylation is 1. The summed E-state index contributed by atoms with van der Waals surface area (Å²) in [5.41, 5.74) is 1.94. The number of amides is 1. The van der Waals surface area contributed by atoms with Gasteiger partial charge in [-0.3, -0.25) is 4.79 Å². The van der Waals surface area contributed by atoms with Crippen LogP contribution in [0.15, 0.2) is 30.5 Å². The Labute approximate surface area is 125 Å². The largest absolute Gasteiger partial charge is 0.352 e. The summed E-state index contributed by atoms with van der Waals surface area (Å²) < 4.78 is 2.19. The number of hydrogen-bond acceptors (Lipinski definition) is 2. The fourth-order valence-electron chi connectivity index (χ4n) is 3.15. The van der Waals surface area contributed by atoms with Crippen molar-refractivity contribution in [1.82, 2.24) is 14.8 Å². The van der Waals surface area contributed by atoms with Gasteiger partial charge in [-0.05, 0) is 57.1 Å². The molecule has 1 aromatic carbocycles. The van der Waals surface area contributed by atoms with E-state index in [9.17, 15) is 4.79 Å². The maximum absolute atomic E-state index is 12.3. The molecule has 0 radical (unpaired) electrons. The molecule has 1 saturated heterocycles. The molecular weight excluding hydrogens is 262 g/mol. The SMILES string of the molecule is CCn1ccc2cc(C(=O)NC[C@H]3CCN(C)C3)ccc21. The number of nitrogens with zero attached hydrogens (tertiary/aromatic N) is 2. The fraction of sp³-hybridized carbons (Fsp3) is 0.471. The van der Waals surface area contributed by atoms with Gasteiger partial charge in [0.25, 0.3) is 5.91 Å². The van der Waals surface area contributed by atoms with Crippen molar-refractivity contribution in [3.05, 3.63) is 36.0 Å². The number of benzene rings is 1. The minimum Gasteiger partial charge on any atom is -0.352 e. The van der Waals surface area contributed by atoms with Crippen LogP contribution in [-0.2, 0) is 6.54 Å². The highest BCUT2D eigenvalue weighted by molar-refractivity contribution is 5.98. The van der Waals surface area contributed by atoms with Crippen molar-refractivity contribution in [1.29, 1.82) is 0 Å². The second-order valence-corrected chi connectivity index (χ2v) is 6.00.